The van der Waals surface area contributed by atoms with E-state index < -0.39 is 27.1 Å². The minimum absolute atomic E-state index is 0.0235. The molecule has 0 N–H and O–H groups in total. The van der Waals surface area contributed by atoms with Crippen molar-refractivity contribution in [3.8, 4) is 0 Å². The number of piperazine rings is 1. The summed E-state index contributed by atoms with van der Waals surface area (Å²) in [6.45, 7) is 0.672. The van der Waals surface area contributed by atoms with Crippen molar-refractivity contribution in [2.75, 3.05) is 26.2 Å². The third kappa shape index (κ3) is 3.65. The Bertz CT molecular complexity index is 1070. The highest BCUT2D eigenvalue weighted by Crippen LogP contribution is 2.50. The first-order valence-electron chi connectivity index (χ1n) is 9.25. The van der Waals surface area contributed by atoms with Crippen LogP contribution in [-0.4, -0.2) is 49.7 Å². The van der Waals surface area contributed by atoms with Crippen molar-refractivity contribution in [3.05, 3.63) is 64.7 Å². The molecule has 2 aliphatic rings. The van der Waals surface area contributed by atoms with E-state index in [0.717, 1.165) is 30.5 Å². The lowest BCUT2D eigenvalue weighted by molar-refractivity contribution is -0.135. The Morgan fingerprint density at radius 2 is 1.66 bits per heavy atom. The minimum atomic E-state index is -3.96. The number of hydrogen-bond acceptors (Lipinski definition) is 3. The molecule has 0 radical (unpaired) electrons. The van der Waals surface area contributed by atoms with Gasteiger partial charge in [0.25, 0.3) is 0 Å². The zero-order valence-corrected chi connectivity index (χ0v) is 17.0. The number of hydrogen-bond donors (Lipinski definition) is 0. The highest BCUT2D eigenvalue weighted by molar-refractivity contribution is 7.89. The van der Waals surface area contributed by atoms with Gasteiger partial charge in [-0.1, -0.05) is 23.7 Å². The SMILES string of the molecule is O=C(N1CCN(S(=O)(=O)c2ccc(F)c(F)c2)CC1)C1(c2cccc(Cl)c2)CC1. The second-order valence-electron chi connectivity index (χ2n) is 7.36. The van der Waals surface area contributed by atoms with Crippen molar-refractivity contribution in [2.45, 2.75) is 23.2 Å². The van der Waals surface area contributed by atoms with Gasteiger partial charge in [-0.15, -0.1) is 0 Å². The standard InChI is InChI=1S/C20H19ClF2N2O3S/c21-15-3-1-2-14(12-15)20(6-7-20)19(26)24-8-10-25(11-9-24)29(27,28)16-4-5-17(22)18(23)13-16/h1-5,12-13H,6-11H2. The number of sulfonamides is 1. The van der Waals surface area contributed by atoms with Crippen LogP contribution in [0.4, 0.5) is 8.78 Å². The van der Waals surface area contributed by atoms with Gasteiger partial charge in [0.1, 0.15) is 0 Å². The van der Waals surface area contributed by atoms with Gasteiger partial charge in [-0.2, -0.15) is 4.31 Å². The molecular formula is C20H19ClF2N2O3S. The predicted octanol–water partition coefficient (Wildman–Crippen LogP) is 3.18. The molecule has 29 heavy (non-hydrogen) atoms. The Hall–Kier alpha value is -2.03. The topological polar surface area (TPSA) is 57.7 Å². The predicted molar refractivity (Wildman–Crippen MR) is 104 cm³/mol. The highest BCUT2D eigenvalue weighted by atomic mass is 35.5. The number of halogens is 3. The van der Waals surface area contributed by atoms with Gasteiger partial charge in [0.15, 0.2) is 11.6 Å². The Morgan fingerprint density at radius 1 is 0.966 bits per heavy atom. The lowest BCUT2D eigenvalue weighted by Crippen LogP contribution is -2.52. The maximum atomic E-state index is 13.5. The molecule has 1 heterocycles. The maximum Gasteiger partial charge on any atom is 0.243 e. The van der Waals surface area contributed by atoms with Crippen LogP contribution >= 0.6 is 11.6 Å². The third-order valence-corrected chi connectivity index (χ3v) is 7.72. The Morgan fingerprint density at radius 3 is 2.24 bits per heavy atom. The Balaban J connectivity index is 1.47. The Labute approximate surface area is 172 Å². The van der Waals surface area contributed by atoms with E-state index in [9.17, 15) is 22.0 Å². The molecule has 5 nitrogen and oxygen atoms in total. The van der Waals surface area contributed by atoms with Crippen LogP contribution in [0.2, 0.25) is 5.02 Å². The van der Waals surface area contributed by atoms with E-state index in [1.54, 1.807) is 17.0 Å². The summed E-state index contributed by atoms with van der Waals surface area (Å²) in [4.78, 5) is 14.5. The Kier molecular flexibility index (Phi) is 5.13. The van der Waals surface area contributed by atoms with E-state index in [0.29, 0.717) is 11.1 Å². The number of benzene rings is 2. The number of nitrogens with zero attached hydrogens (tertiary/aromatic N) is 2. The molecule has 2 aromatic carbocycles. The summed E-state index contributed by atoms with van der Waals surface area (Å²) in [7, 11) is -3.96. The van der Waals surface area contributed by atoms with Crippen LogP contribution < -0.4 is 0 Å². The van der Waals surface area contributed by atoms with E-state index >= 15 is 0 Å². The summed E-state index contributed by atoms with van der Waals surface area (Å²) in [5.41, 5.74) is 0.304. The van der Waals surface area contributed by atoms with Crippen molar-refractivity contribution in [1.82, 2.24) is 9.21 Å². The number of carbonyl (C=O) groups is 1. The summed E-state index contributed by atoms with van der Waals surface area (Å²) < 4.78 is 53.2. The largest absolute Gasteiger partial charge is 0.339 e. The summed E-state index contributed by atoms with van der Waals surface area (Å²) in [6.07, 6.45) is 1.47. The van der Waals surface area contributed by atoms with Gasteiger partial charge < -0.3 is 4.90 Å². The zero-order chi connectivity index (χ0) is 20.8. The molecule has 4 rings (SSSR count). The summed E-state index contributed by atoms with van der Waals surface area (Å²) >= 11 is 6.07. The van der Waals surface area contributed by atoms with E-state index in [1.807, 2.05) is 12.1 Å². The normalized spacial score (nSPS) is 19.2. The first-order valence-corrected chi connectivity index (χ1v) is 11.1. The van der Waals surface area contributed by atoms with Gasteiger partial charge in [-0.3, -0.25) is 4.79 Å². The van der Waals surface area contributed by atoms with Crippen LogP contribution in [-0.2, 0) is 20.2 Å². The van der Waals surface area contributed by atoms with Crippen LogP contribution in [0, 0.1) is 11.6 Å². The van der Waals surface area contributed by atoms with Gasteiger partial charge in [-0.05, 0) is 48.7 Å². The molecule has 1 aliphatic carbocycles. The molecule has 1 amide bonds. The molecule has 1 saturated heterocycles. The van der Waals surface area contributed by atoms with Gasteiger partial charge >= 0.3 is 0 Å². The summed E-state index contributed by atoms with van der Waals surface area (Å²) in [5, 5.41) is 0.573. The van der Waals surface area contributed by atoms with Crippen LogP contribution in [0.5, 0.6) is 0 Å². The fraction of sp³-hybridized carbons (Fsp3) is 0.350. The molecule has 2 fully saturated rings. The van der Waals surface area contributed by atoms with Crippen molar-refractivity contribution in [2.24, 2.45) is 0 Å². The molecule has 9 heteroatoms. The average molecular weight is 441 g/mol. The third-order valence-electron chi connectivity index (χ3n) is 5.59. The smallest absolute Gasteiger partial charge is 0.243 e. The summed E-state index contributed by atoms with van der Waals surface area (Å²) in [6, 6.07) is 9.79. The molecule has 1 aliphatic heterocycles. The first-order chi connectivity index (χ1) is 13.7. The molecule has 0 aromatic heterocycles. The van der Waals surface area contributed by atoms with Gasteiger partial charge in [0, 0.05) is 31.2 Å². The number of carbonyl (C=O) groups excluding carboxylic acids is 1. The van der Waals surface area contributed by atoms with Crippen LogP contribution in [0.25, 0.3) is 0 Å². The monoisotopic (exact) mass is 440 g/mol. The highest BCUT2D eigenvalue weighted by Gasteiger charge is 2.53. The second kappa shape index (κ2) is 7.34. The van der Waals surface area contributed by atoms with Crippen LogP contribution in [0.3, 0.4) is 0 Å². The molecule has 0 spiro atoms. The summed E-state index contributed by atoms with van der Waals surface area (Å²) in [5.74, 6) is -2.34. The van der Waals surface area contributed by atoms with E-state index in [-0.39, 0.29) is 37.0 Å². The van der Waals surface area contributed by atoms with Crippen molar-refractivity contribution < 1.29 is 22.0 Å². The lowest BCUT2D eigenvalue weighted by Gasteiger charge is -2.36. The van der Waals surface area contributed by atoms with Crippen molar-refractivity contribution in [3.63, 3.8) is 0 Å². The fourth-order valence-corrected chi connectivity index (χ4v) is 5.38. The average Bonchev–Trinajstić information content (AvgIpc) is 3.51. The maximum absolute atomic E-state index is 13.5. The van der Waals surface area contributed by atoms with Crippen LogP contribution in [0.1, 0.15) is 18.4 Å². The second-order valence-corrected chi connectivity index (χ2v) is 9.74. The molecule has 0 unspecified atom stereocenters. The molecule has 0 atom stereocenters. The van der Waals surface area contributed by atoms with Gasteiger partial charge in [-0.25, -0.2) is 17.2 Å². The van der Waals surface area contributed by atoms with E-state index in [4.69, 9.17) is 11.6 Å². The zero-order valence-electron chi connectivity index (χ0n) is 15.4. The number of amides is 1. The molecule has 2 aromatic rings. The van der Waals surface area contributed by atoms with E-state index in [2.05, 4.69) is 0 Å². The van der Waals surface area contributed by atoms with Crippen LogP contribution in [0.15, 0.2) is 47.4 Å². The molecular weight excluding hydrogens is 422 g/mol. The quantitative estimate of drug-likeness (QED) is 0.733. The minimum Gasteiger partial charge on any atom is -0.339 e. The van der Waals surface area contributed by atoms with Gasteiger partial charge in [0.2, 0.25) is 15.9 Å². The fourth-order valence-electron chi connectivity index (χ4n) is 3.76. The van der Waals surface area contributed by atoms with Gasteiger partial charge in [0.05, 0.1) is 10.3 Å². The molecule has 154 valence electrons. The molecule has 1 saturated carbocycles. The lowest BCUT2D eigenvalue weighted by atomic mass is 9.94. The number of rotatable bonds is 4. The van der Waals surface area contributed by atoms with Crippen molar-refractivity contribution in [1.29, 1.82) is 0 Å². The van der Waals surface area contributed by atoms with E-state index in [1.165, 1.54) is 4.31 Å². The molecule has 0 bridgehead atoms. The van der Waals surface area contributed by atoms with Crippen molar-refractivity contribution >= 4 is 27.5 Å². The first kappa shape index (κ1) is 20.3.